The molecule has 0 aliphatic carbocycles. The Morgan fingerprint density at radius 1 is 0.792 bits per heavy atom. The first-order valence-electron chi connectivity index (χ1n) is 15.2. The Kier molecular flexibility index (Phi) is 8.85. The van der Waals surface area contributed by atoms with Crippen LogP contribution in [-0.2, 0) is 48.9 Å². The molecule has 1 aromatic heterocycles. The number of aromatic nitrogens is 2. The van der Waals surface area contributed by atoms with E-state index >= 15 is 4.39 Å². The van der Waals surface area contributed by atoms with Gasteiger partial charge in [0.1, 0.15) is 11.4 Å². The third kappa shape index (κ3) is 6.31. The molecule has 2 N–H and O–H groups in total. The number of hydrogen-bond donors (Lipinski definition) is 1. The maximum Gasteiger partial charge on any atom is 0.416 e. The van der Waals surface area contributed by atoms with Crippen LogP contribution in [0.1, 0.15) is 58.0 Å². The molecule has 14 heteroatoms. The smallest absolute Gasteiger partial charge is 0.364 e. The highest BCUT2D eigenvalue weighted by Crippen LogP contribution is 2.43. The second-order valence-electron chi connectivity index (χ2n) is 12.1. The summed E-state index contributed by atoms with van der Waals surface area (Å²) < 4.78 is 106. The second-order valence-corrected chi connectivity index (χ2v) is 12.1. The number of fused-ring (bicyclic) bond motifs is 2. The molecule has 1 spiro atoms. The zero-order valence-corrected chi connectivity index (χ0v) is 25.5. The van der Waals surface area contributed by atoms with Gasteiger partial charge in [-0.3, -0.25) is 18.8 Å². The van der Waals surface area contributed by atoms with Crippen LogP contribution in [0, 0.1) is 5.82 Å². The quantitative estimate of drug-likeness (QED) is 0.245. The fraction of sp³-hybridized carbons (Fsp3) is 0.353. The summed E-state index contributed by atoms with van der Waals surface area (Å²) in [5, 5.41) is 0. The van der Waals surface area contributed by atoms with Crippen LogP contribution in [0.5, 0.6) is 0 Å². The van der Waals surface area contributed by atoms with E-state index in [4.69, 9.17) is 10.5 Å². The highest BCUT2D eigenvalue weighted by molar-refractivity contribution is 5.35. The summed E-state index contributed by atoms with van der Waals surface area (Å²) in [6, 6.07) is 15.5. The number of hydrogen-bond acceptors (Lipinski definition) is 5. The van der Waals surface area contributed by atoms with E-state index in [-0.39, 0.29) is 62.4 Å². The minimum absolute atomic E-state index is 0.0121. The topological polar surface area (TPSA) is 82.5 Å². The minimum atomic E-state index is -4.93. The molecule has 1 fully saturated rings. The Labute approximate surface area is 270 Å². The van der Waals surface area contributed by atoms with E-state index in [2.05, 4.69) is 0 Å². The molecule has 3 aromatic carbocycles. The number of nitrogens with two attached hydrogens (primary N) is 1. The number of benzene rings is 3. The van der Waals surface area contributed by atoms with Crippen molar-refractivity contribution < 1.29 is 35.5 Å². The molecule has 0 amide bonds. The van der Waals surface area contributed by atoms with Gasteiger partial charge < -0.3 is 10.5 Å². The summed E-state index contributed by atoms with van der Waals surface area (Å²) >= 11 is 0. The highest BCUT2D eigenvalue weighted by atomic mass is 19.4. The fourth-order valence-corrected chi connectivity index (χ4v) is 6.74. The summed E-state index contributed by atoms with van der Waals surface area (Å²) in [4.78, 5) is 29.9. The van der Waals surface area contributed by atoms with Gasteiger partial charge in [0.25, 0.3) is 5.56 Å². The maximum absolute atomic E-state index is 15.0. The van der Waals surface area contributed by atoms with Crippen molar-refractivity contribution >= 4 is 0 Å². The van der Waals surface area contributed by atoms with Gasteiger partial charge in [-0.25, -0.2) is 9.18 Å². The van der Waals surface area contributed by atoms with Gasteiger partial charge >= 0.3 is 18.0 Å². The first-order chi connectivity index (χ1) is 22.7. The molecule has 2 aliphatic heterocycles. The summed E-state index contributed by atoms with van der Waals surface area (Å²) in [6.07, 6.45) is -9.16. The third-order valence-electron chi connectivity index (χ3n) is 9.20. The molecular weight excluding hydrogens is 645 g/mol. The predicted molar refractivity (Wildman–Crippen MR) is 161 cm³/mol. The van der Waals surface area contributed by atoms with E-state index in [1.165, 1.54) is 18.2 Å². The van der Waals surface area contributed by atoms with Gasteiger partial charge in [0, 0.05) is 31.2 Å². The second kappa shape index (κ2) is 12.6. The normalized spacial score (nSPS) is 17.1. The molecule has 3 heterocycles. The van der Waals surface area contributed by atoms with Crippen LogP contribution in [0.3, 0.4) is 0 Å². The monoisotopic (exact) mass is 676 g/mol. The lowest BCUT2D eigenvalue weighted by Crippen LogP contribution is -2.49. The molecule has 254 valence electrons. The van der Waals surface area contributed by atoms with Crippen molar-refractivity contribution in [1.29, 1.82) is 0 Å². The molecule has 48 heavy (non-hydrogen) atoms. The summed E-state index contributed by atoms with van der Waals surface area (Å²) in [7, 11) is 0. The van der Waals surface area contributed by atoms with Crippen molar-refractivity contribution in [3.8, 4) is 0 Å². The SMILES string of the molecule is NC(Cn1c(=O)c2c(n(Cc3c(F)cccc3C(F)(F)F)c1=O)COC21CCN(Cc2ccccc2C(F)(F)F)CC1)c1ccccc1. The number of alkyl halides is 6. The van der Waals surface area contributed by atoms with Gasteiger partial charge in [-0.05, 0) is 42.2 Å². The average molecular weight is 677 g/mol. The van der Waals surface area contributed by atoms with E-state index in [1.54, 1.807) is 35.2 Å². The Hall–Kier alpha value is -4.27. The van der Waals surface area contributed by atoms with Gasteiger partial charge in [-0.2, -0.15) is 26.3 Å². The molecule has 2 aliphatic rings. The van der Waals surface area contributed by atoms with Crippen LogP contribution in [0.15, 0.2) is 82.4 Å². The van der Waals surface area contributed by atoms with Crippen LogP contribution in [0.4, 0.5) is 30.7 Å². The molecule has 1 unspecified atom stereocenters. The minimum Gasteiger partial charge on any atom is -0.364 e. The Morgan fingerprint density at radius 3 is 2.08 bits per heavy atom. The summed E-state index contributed by atoms with van der Waals surface area (Å²) in [6.45, 7) is -1.03. The number of piperidine rings is 1. The lowest BCUT2D eigenvalue weighted by molar-refractivity contribution is -0.139. The molecule has 1 atom stereocenters. The molecule has 6 rings (SSSR count). The van der Waals surface area contributed by atoms with Crippen molar-refractivity contribution in [2.75, 3.05) is 13.1 Å². The van der Waals surface area contributed by atoms with Crippen LogP contribution in [0.25, 0.3) is 0 Å². The largest absolute Gasteiger partial charge is 0.416 e. The van der Waals surface area contributed by atoms with Crippen molar-refractivity contribution in [2.45, 2.75) is 63.1 Å². The van der Waals surface area contributed by atoms with Gasteiger partial charge in [-0.1, -0.05) is 54.6 Å². The van der Waals surface area contributed by atoms with E-state index in [9.17, 15) is 35.9 Å². The highest BCUT2D eigenvalue weighted by Gasteiger charge is 2.47. The summed E-state index contributed by atoms with van der Waals surface area (Å²) in [5.41, 5.74) is 1.41. The number of nitrogens with zero attached hydrogens (tertiary/aromatic N) is 3. The van der Waals surface area contributed by atoms with E-state index < -0.39 is 64.3 Å². The Balaban J connectivity index is 1.40. The molecule has 0 bridgehead atoms. The molecule has 0 radical (unpaired) electrons. The van der Waals surface area contributed by atoms with Gasteiger partial charge in [0.2, 0.25) is 0 Å². The number of halogens is 7. The van der Waals surface area contributed by atoms with Crippen molar-refractivity contribution in [3.05, 3.63) is 139 Å². The zero-order chi connectivity index (χ0) is 34.4. The zero-order valence-electron chi connectivity index (χ0n) is 25.5. The molecule has 4 aromatic rings. The third-order valence-corrected chi connectivity index (χ3v) is 9.20. The van der Waals surface area contributed by atoms with E-state index in [0.29, 0.717) is 5.56 Å². The van der Waals surface area contributed by atoms with Crippen LogP contribution in [-0.4, -0.2) is 27.1 Å². The standard InChI is InChI=1S/C34H31F7N4O3/c35-26-12-6-11-25(34(39,40)41)23(26)18-44-28-20-48-32(13-15-43(16-14-32)17-22-9-4-5-10-24(22)33(36,37)38)29(28)30(46)45(31(44)47)19-27(42)21-7-2-1-3-8-21/h1-12,27H,13-20,42H2. The summed E-state index contributed by atoms with van der Waals surface area (Å²) in [5.74, 6) is -1.18. The number of rotatable bonds is 7. The van der Waals surface area contributed by atoms with Gasteiger partial charge in [0.15, 0.2) is 0 Å². The van der Waals surface area contributed by atoms with Crippen LogP contribution >= 0.6 is 0 Å². The number of ether oxygens (including phenoxy) is 1. The lowest BCUT2D eigenvalue weighted by atomic mass is 9.85. The first kappa shape index (κ1) is 33.6. The number of likely N-dealkylation sites (tertiary alicyclic amines) is 1. The lowest BCUT2D eigenvalue weighted by Gasteiger charge is -2.39. The predicted octanol–water partition coefficient (Wildman–Crippen LogP) is 5.96. The van der Waals surface area contributed by atoms with Crippen molar-refractivity contribution in [1.82, 2.24) is 14.0 Å². The van der Waals surface area contributed by atoms with E-state index in [1.807, 2.05) is 0 Å². The van der Waals surface area contributed by atoms with E-state index in [0.717, 1.165) is 33.4 Å². The van der Waals surface area contributed by atoms with Gasteiger partial charge in [-0.15, -0.1) is 0 Å². The van der Waals surface area contributed by atoms with Crippen molar-refractivity contribution in [3.63, 3.8) is 0 Å². The Bertz CT molecular complexity index is 1930. The maximum atomic E-state index is 15.0. The van der Waals surface area contributed by atoms with Crippen LogP contribution in [0.2, 0.25) is 0 Å². The molecule has 1 saturated heterocycles. The molecule has 7 nitrogen and oxygen atoms in total. The fourth-order valence-electron chi connectivity index (χ4n) is 6.74. The van der Waals surface area contributed by atoms with Gasteiger partial charge in [0.05, 0.1) is 42.1 Å². The first-order valence-corrected chi connectivity index (χ1v) is 15.2. The van der Waals surface area contributed by atoms with Crippen molar-refractivity contribution in [2.24, 2.45) is 5.73 Å². The van der Waals surface area contributed by atoms with Crippen LogP contribution < -0.4 is 17.0 Å². The molecule has 0 saturated carbocycles. The Morgan fingerprint density at radius 2 is 1.42 bits per heavy atom. The molecular formula is C34H31F7N4O3. The average Bonchev–Trinajstić information content (AvgIpc) is 3.41.